The van der Waals surface area contributed by atoms with E-state index in [2.05, 4.69) is 51.3 Å². The Morgan fingerprint density at radius 3 is 2.21 bits per heavy atom. The van der Waals surface area contributed by atoms with Crippen LogP contribution in [0.4, 0.5) is 0 Å². The van der Waals surface area contributed by atoms with E-state index in [1.54, 1.807) is 0 Å². The molecule has 122 valence electrons. The average Bonchev–Trinajstić information content (AvgIpc) is 2.52. The number of ketones is 1. The van der Waals surface area contributed by atoms with Crippen LogP contribution >= 0.6 is 0 Å². The summed E-state index contributed by atoms with van der Waals surface area (Å²) in [5.41, 5.74) is 4.66. The zero-order valence-electron chi connectivity index (χ0n) is 14.9. The molecule has 0 aliphatic rings. The number of benzene rings is 2. The Morgan fingerprint density at radius 1 is 1.00 bits per heavy atom. The molecule has 0 unspecified atom stereocenters. The van der Waals surface area contributed by atoms with Crippen molar-refractivity contribution in [3.05, 3.63) is 82.9 Å². The first-order valence-corrected chi connectivity index (χ1v) is 8.16. The van der Waals surface area contributed by atoms with Gasteiger partial charge in [0.05, 0.1) is 0 Å². The highest BCUT2D eigenvalue weighted by Crippen LogP contribution is 2.22. The van der Waals surface area contributed by atoms with Crippen LogP contribution in [-0.2, 0) is 5.41 Å². The van der Waals surface area contributed by atoms with Gasteiger partial charge in [-0.1, -0.05) is 75.1 Å². The second kappa shape index (κ2) is 7.32. The number of rotatable bonds is 3. The molecule has 0 spiro atoms. The van der Waals surface area contributed by atoms with Crippen molar-refractivity contribution in [3.8, 4) is 11.8 Å². The highest BCUT2D eigenvalue weighted by Gasteiger charge is 2.12. The van der Waals surface area contributed by atoms with Gasteiger partial charge in [0.1, 0.15) is 0 Å². The van der Waals surface area contributed by atoms with E-state index < -0.39 is 0 Å². The molecule has 0 radical (unpaired) electrons. The molecule has 1 nitrogen and oxygen atoms in total. The summed E-state index contributed by atoms with van der Waals surface area (Å²) in [5, 5.41) is 0. The summed E-state index contributed by atoms with van der Waals surface area (Å²) in [6.07, 6.45) is 0.360. The number of Topliss-reactive ketones (excluding diaryl/α,β-unsaturated/α-hetero) is 1. The highest BCUT2D eigenvalue weighted by atomic mass is 16.1. The predicted octanol–water partition coefficient (Wildman–Crippen LogP) is 5.53. The smallest absolute Gasteiger partial charge is 0.168 e. The number of hydrogen-bond acceptors (Lipinski definition) is 1. The fourth-order valence-electron chi connectivity index (χ4n) is 2.40. The van der Waals surface area contributed by atoms with Gasteiger partial charge >= 0.3 is 0 Å². The van der Waals surface area contributed by atoms with Gasteiger partial charge in [-0.15, -0.1) is 0 Å². The van der Waals surface area contributed by atoms with Crippen molar-refractivity contribution in [2.75, 3.05) is 0 Å². The summed E-state index contributed by atoms with van der Waals surface area (Å²) in [6, 6.07) is 15.8. The van der Waals surface area contributed by atoms with Gasteiger partial charge in [-0.2, -0.15) is 0 Å². The van der Waals surface area contributed by atoms with Gasteiger partial charge in [0.15, 0.2) is 5.78 Å². The van der Waals surface area contributed by atoms with Crippen molar-refractivity contribution < 1.29 is 4.79 Å². The van der Waals surface area contributed by atoms with Crippen molar-refractivity contribution >= 4 is 5.78 Å². The zero-order chi connectivity index (χ0) is 17.7. The third kappa shape index (κ3) is 4.70. The summed E-state index contributed by atoms with van der Waals surface area (Å²) in [5.74, 6) is 6.37. The van der Waals surface area contributed by atoms with E-state index in [1.165, 1.54) is 5.56 Å². The highest BCUT2D eigenvalue weighted by molar-refractivity contribution is 5.99. The summed E-state index contributed by atoms with van der Waals surface area (Å²) < 4.78 is 0. The Bertz CT molecular complexity index is 806. The van der Waals surface area contributed by atoms with Crippen LogP contribution in [0.1, 0.15) is 61.2 Å². The molecule has 2 aromatic carbocycles. The van der Waals surface area contributed by atoms with Crippen LogP contribution in [0.2, 0.25) is 0 Å². The van der Waals surface area contributed by atoms with Crippen molar-refractivity contribution in [1.82, 2.24) is 0 Å². The topological polar surface area (TPSA) is 17.1 Å². The standard InChI is InChI=1S/C23H24O/c1-17(2)16-22(24)21-9-7-6-8-19(21)13-10-18-11-14-20(15-12-18)23(3,4)5/h6-9,11-12,14-15H,1,16H2,2-5H3. The molecule has 0 amide bonds. The van der Waals surface area contributed by atoms with E-state index in [-0.39, 0.29) is 11.2 Å². The van der Waals surface area contributed by atoms with Crippen LogP contribution in [0.5, 0.6) is 0 Å². The largest absolute Gasteiger partial charge is 0.294 e. The number of carbonyl (C=O) groups excluding carboxylic acids is 1. The van der Waals surface area contributed by atoms with Crippen molar-refractivity contribution in [3.63, 3.8) is 0 Å². The summed E-state index contributed by atoms with van der Waals surface area (Å²) in [4.78, 5) is 12.3. The Labute approximate surface area is 145 Å². The van der Waals surface area contributed by atoms with Gasteiger partial charge < -0.3 is 0 Å². The lowest BCUT2D eigenvalue weighted by Crippen LogP contribution is -2.10. The van der Waals surface area contributed by atoms with E-state index in [0.29, 0.717) is 12.0 Å². The monoisotopic (exact) mass is 316 g/mol. The van der Waals surface area contributed by atoms with E-state index in [4.69, 9.17) is 0 Å². The lowest BCUT2D eigenvalue weighted by atomic mass is 9.87. The van der Waals surface area contributed by atoms with E-state index in [9.17, 15) is 4.79 Å². The Kier molecular flexibility index (Phi) is 5.42. The molecule has 0 atom stereocenters. The van der Waals surface area contributed by atoms with Crippen LogP contribution in [-0.4, -0.2) is 5.78 Å². The predicted molar refractivity (Wildman–Crippen MR) is 101 cm³/mol. The molecule has 0 aliphatic carbocycles. The molecule has 0 bridgehead atoms. The first kappa shape index (κ1) is 17.8. The van der Waals surface area contributed by atoms with Gasteiger partial charge in [0, 0.05) is 23.1 Å². The quantitative estimate of drug-likeness (QED) is 0.413. The molecular formula is C23H24O. The third-order valence-electron chi connectivity index (χ3n) is 3.78. The second-order valence-electron chi connectivity index (χ2n) is 7.18. The van der Waals surface area contributed by atoms with Crippen molar-refractivity contribution in [2.24, 2.45) is 0 Å². The Balaban J connectivity index is 2.28. The molecule has 0 fully saturated rings. The second-order valence-corrected chi connectivity index (χ2v) is 7.18. The molecule has 0 heterocycles. The minimum absolute atomic E-state index is 0.0653. The fraction of sp³-hybridized carbons (Fsp3) is 0.261. The Hall–Kier alpha value is -2.59. The van der Waals surface area contributed by atoms with Crippen LogP contribution in [0, 0.1) is 11.8 Å². The first-order chi connectivity index (χ1) is 11.3. The maximum absolute atomic E-state index is 12.3. The van der Waals surface area contributed by atoms with E-state index >= 15 is 0 Å². The molecule has 0 N–H and O–H groups in total. The van der Waals surface area contributed by atoms with Gasteiger partial charge in [-0.25, -0.2) is 0 Å². The first-order valence-electron chi connectivity index (χ1n) is 8.16. The normalized spacial score (nSPS) is 10.7. The molecule has 0 saturated carbocycles. The van der Waals surface area contributed by atoms with Gasteiger partial charge in [-0.05, 0) is 36.1 Å². The van der Waals surface area contributed by atoms with Gasteiger partial charge in [0.25, 0.3) is 0 Å². The molecule has 1 heteroatoms. The summed E-state index contributed by atoms with van der Waals surface area (Å²) in [6.45, 7) is 12.3. The molecule has 2 rings (SSSR count). The molecule has 24 heavy (non-hydrogen) atoms. The van der Waals surface area contributed by atoms with Gasteiger partial charge in [-0.3, -0.25) is 4.79 Å². The number of carbonyl (C=O) groups is 1. The lowest BCUT2D eigenvalue weighted by molar-refractivity contribution is 0.0993. The maximum atomic E-state index is 12.3. The van der Waals surface area contributed by atoms with Gasteiger partial charge in [0.2, 0.25) is 0 Å². The van der Waals surface area contributed by atoms with Crippen LogP contribution < -0.4 is 0 Å². The number of hydrogen-bond donors (Lipinski definition) is 0. The minimum Gasteiger partial charge on any atom is -0.294 e. The average molecular weight is 316 g/mol. The van der Waals surface area contributed by atoms with Crippen LogP contribution in [0.15, 0.2) is 60.7 Å². The van der Waals surface area contributed by atoms with Crippen molar-refractivity contribution in [1.29, 1.82) is 0 Å². The summed E-state index contributed by atoms with van der Waals surface area (Å²) in [7, 11) is 0. The summed E-state index contributed by atoms with van der Waals surface area (Å²) >= 11 is 0. The molecular weight excluding hydrogens is 292 g/mol. The Morgan fingerprint density at radius 2 is 1.62 bits per heavy atom. The molecule has 0 aromatic heterocycles. The molecule has 2 aromatic rings. The van der Waals surface area contributed by atoms with Crippen LogP contribution in [0.25, 0.3) is 0 Å². The van der Waals surface area contributed by atoms with Crippen LogP contribution in [0.3, 0.4) is 0 Å². The maximum Gasteiger partial charge on any atom is 0.168 e. The zero-order valence-corrected chi connectivity index (χ0v) is 14.9. The minimum atomic E-state index is 0.0653. The molecule has 0 aliphatic heterocycles. The van der Waals surface area contributed by atoms with Crippen molar-refractivity contribution in [2.45, 2.75) is 39.5 Å². The number of allylic oxidation sites excluding steroid dienone is 1. The third-order valence-corrected chi connectivity index (χ3v) is 3.78. The SMILES string of the molecule is C=C(C)CC(=O)c1ccccc1C#Cc1ccc(C(C)(C)C)cc1. The molecule has 0 saturated heterocycles. The lowest BCUT2D eigenvalue weighted by Gasteiger charge is -2.18. The van der Waals surface area contributed by atoms with E-state index in [0.717, 1.165) is 16.7 Å². The van der Waals surface area contributed by atoms with E-state index in [1.807, 2.05) is 43.3 Å². The fourth-order valence-corrected chi connectivity index (χ4v) is 2.40.